The lowest BCUT2D eigenvalue weighted by Gasteiger charge is -2.02. The Morgan fingerprint density at radius 1 is 1.47 bits per heavy atom. The van der Waals surface area contributed by atoms with E-state index in [4.69, 9.17) is 4.74 Å². The minimum atomic E-state index is -0.184. The van der Waals surface area contributed by atoms with Crippen molar-refractivity contribution in [2.75, 3.05) is 6.61 Å². The van der Waals surface area contributed by atoms with Gasteiger partial charge in [-0.3, -0.25) is 4.79 Å². The maximum Gasteiger partial charge on any atom is 0.310 e. The monoisotopic (exact) mass is 295 g/mol. The minimum absolute atomic E-state index is 0.184. The van der Waals surface area contributed by atoms with Crippen LogP contribution >= 0.6 is 15.9 Å². The molecule has 0 spiro atoms. The molecule has 0 amide bonds. The van der Waals surface area contributed by atoms with Gasteiger partial charge >= 0.3 is 5.97 Å². The minimum Gasteiger partial charge on any atom is -0.466 e. The number of halogens is 1. The highest BCUT2D eigenvalue weighted by Crippen LogP contribution is 2.26. The summed E-state index contributed by atoms with van der Waals surface area (Å²) in [7, 11) is 0. The summed E-state index contributed by atoms with van der Waals surface area (Å²) >= 11 is 3.44. The fourth-order valence-electron chi connectivity index (χ4n) is 1.94. The molecule has 1 heterocycles. The van der Waals surface area contributed by atoms with Crippen molar-refractivity contribution < 1.29 is 9.53 Å². The van der Waals surface area contributed by atoms with Crippen LogP contribution in [0.2, 0.25) is 0 Å². The Morgan fingerprint density at radius 3 is 2.94 bits per heavy atom. The number of hydrogen-bond acceptors (Lipinski definition) is 2. The highest BCUT2D eigenvalue weighted by atomic mass is 79.9. The normalized spacial score (nSPS) is 10.8. The maximum atomic E-state index is 11.5. The van der Waals surface area contributed by atoms with Gasteiger partial charge in [0.2, 0.25) is 0 Å². The number of H-pyrrole nitrogens is 1. The predicted molar refractivity (Wildman–Crippen MR) is 71.1 cm³/mol. The zero-order valence-corrected chi connectivity index (χ0v) is 11.4. The van der Waals surface area contributed by atoms with E-state index in [1.165, 1.54) is 0 Å². The predicted octanol–water partition coefficient (Wildman–Crippen LogP) is 3.34. The van der Waals surface area contributed by atoms with Gasteiger partial charge in [-0.2, -0.15) is 0 Å². The summed E-state index contributed by atoms with van der Waals surface area (Å²) in [4.78, 5) is 14.8. The van der Waals surface area contributed by atoms with Crippen molar-refractivity contribution in [3.8, 4) is 0 Å². The molecule has 4 heteroatoms. The first-order valence-corrected chi connectivity index (χ1v) is 6.33. The number of benzene rings is 1. The maximum absolute atomic E-state index is 11.5. The van der Waals surface area contributed by atoms with Crippen LogP contribution in [0.15, 0.2) is 22.7 Å². The number of aryl methyl sites for hydroxylation is 1. The van der Waals surface area contributed by atoms with Gasteiger partial charge in [0.05, 0.1) is 13.0 Å². The molecule has 3 nitrogen and oxygen atoms in total. The third-order valence-electron chi connectivity index (χ3n) is 2.71. The molecule has 0 saturated carbocycles. The molecule has 1 aromatic heterocycles. The Balaban J connectivity index is 2.41. The van der Waals surface area contributed by atoms with Crippen molar-refractivity contribution in [2.45, 2.75) is 20.3 Å². The number of carbonyl (C=O) groups is 1. The zero-order valence-electron chi connectivity index (χ0n) is 9.84. The average Bonchev–Trinajstić information content (AvgIpc) is 2.56. The molecule has 1 aromatic carbocycles. The molecule has 0 radical (unpaired) electrons. The van der Waals surface area contributed by atoms with Crippen LogP contribution in [0.3, 0.4) is 0 Å². The van der Waals surface area contributed by atoms with Crippen molar-refractivity contribution in [1.82, 2.24) is 4.98 Å². The summed E-state index contributed by atoms with van der Waals surface area (Å²) in [6.45, 7) is 4.21. The number of aromatic amines is 1. The number of nitrogens with one attached hydrogen (secondary N) is 1. The molecule has 0 unspecified atom stereocenters. The molecular weight excluding hydrogens is 282 g/mol. The van der Waals surface area contributed by atoms with Crippen LogP contribution in [0.25, 0.3) is 10.9 Å². The van der Waals surface area contributed by atoms with Crippen LogP contribution in [-0.2, 0) is 16.0 Å². The zero-order chi connectivity index (χ0) is 12.4. The molecule has 0 aliphatic rings. The Kier molecular flexibility index (Phi) is 3.52. The van der Waals surface area contributed by atoms with Crippen LogP contribution in [0, 0.1) is 6.92 Å². The molecule has 0 atom stereocenters. The van der Waals surface area contributed by atoms with Crippen molar-refractivity contribution in [3.63, 3.8) is 0 Å². The number of aromatic nitrogens is 1. The van der Waals surface area contributed by atoms with Gasteiger partial charge in [-0.05, 0) is 37.6 Å². The van der Waals surface area contributed by atoms with Crippen LogP contribution < -0.4 is 0 Å². The highest BCUT2D eigenvalue weighted by molar-refractivity contribution is 9.10. The Hall–Kier alpha value is -1.29. The van der Waals surface area contributed by atoms with Crippen LogP contribution in [-0.4, -0.2) is 17.6 Å². The van der Waals surface area contributed by atoms with Crippen molar-refractivity contribution in [1.29, 1.82) is 0 Å². The molecule has 0 aliphatic heterocycles. The smallest absolute Gasteiger partial charge is 0.310 e. The molecule has 17 heavy (non-hydrogen) atoms. The van der Waals surface area contributed by atoms with Gasteiger partial charge in [-0.25, -0.2) is 0 Å². The molecule has 2 rings (SSSR count). The quantitative estimate of drug-likeness (QED) is 0.883. The molecule has 0 fully saturated rings. The number of rotatable bonds is 3. The summed E-state index contributed by atoms with van der Waals surface area (Å²) in [6, 6.07) is 6.00. The third-order valence-corrected chi connectivity index (χ3v) is 3.20. The van der Waals surface area contributed by atoms with E-state index in [0.29, 0.717) is 13.0 Å². The SMILES string of the molecule is CCOC(=O)Cc1c(C)[nH]c2ccc(Br)cc12. The van der Waals surface area contributed by atoms with Crippen LogP contribution in [0.4, 0.5) is 0 Å². The summed E-state index contributed by atoms with van der Waals surface area (Å²) in [5.41, 5.74) is 3.08. The van der Waals surface area contributed by atoms with E-state index in [2.05, 4.69) is 20.9 Å². The van der Waals surface area contributed by atoms with Gasteiger partial charge in [0, 0.05) is 21.1 Å². The fraction of sp³-hybridized carbons (Fsp3) is 0.308. The molecule has 2 aromatic rings. The summed E-state index contributed by atoms with van der Waals surface area (Å²) in [5, 5.41) is 1.07. The molecule has 0 saturated heterocycles. The Morgan fingerprint density at radius 2 is 2.24 bits per heavy atom. The lowest BCUT2D eigenvalue weighted by Crippen LogP contribution is -2.07. The molecular formula is C13H14BrNO2. The summed E-state index contributed by atoms with van der Waals surface area (Å²) < 4.78 is 5.99. The van der Waals surface area contributed by atoms with Gasteiger partial charge < -0.3 is 9.72 Å². The number of fused-ring (bicyclic) bond motifs is 1. The Labute approximate surface area is 108 Å². The molecule has 0 aliphatic carbocycles. The molecule has 0 bridgehead atoms. The van der Waals surface area contributed by atoms with Gasteiger partial charge in [0.25, 0.3) is 0 Å². The fourth-order valence-corrected chi connectivity index (χ4v) is 2.30. The molecule has 90 valence electrons. The lowest BCUT2D eigenvalue weighted by molar-refractivity contribution is -0.142. The van der Waals surface area contributed by atoms with Gasteiger partial charge in [-0.15, -0.1) is 0 Å². The highest BCUT2D eigenvalue weighted by Gasteiger charge is 2.13. The van der Waals surface area contributed by atoms with E-state index in [1.807, 2.05) is 32.0 Å². The molecule has 1 N–H and O–H groups in total. The second kappa shape index (κ2) is 4.92. The Bertz CT molecular complexity index is 560. The van der Waals surface area contributed by atoms with E-state index >= 15 is 0 Å². The second-order valence-corrected chi connectivity index (χ2v) is 4.82. The first-order valence-electron chi connectivity index (χ1n) is 5.54. The van der Waals surface area contributed by atoms with E-state index in [0.717, 1.165) is 26.6 Å². The number of carbonyl (C=O) groups excluding carboxylic acids is 1. The van der Waals surface area contributed by atoms with Gasteiger partial charge in [-0.1, -0.05) is 15.9 Å². The van der Waals surface area contributed by atoms with Crippen LogP contribution in [0.5, 0.6) is 0 Å². The first kappa shape index (κ1) is 12.2. The van der Waals surface area contributed by atoms with Crippen molar-refractivity contribution >= 4 is 32.8 Å². The van der Waals surface area contributed by atoms with Gasteiger partial charge in [0.1, 0.15) is 0 Å². The first-order chi connectivity index (χ1) is 8.11. The largest absolute Gasteiger partial charge is 0.466 e. The van der Waals surface area contributed by atoms with Crippen LogP contribution in [0.1, 0.15) is 18.2 Å². The van der Waals surface area contributed by atoms with E-state index in [-0.39, 0.29) is 5.97 Å². The average molecular weight is 296 g/mol. The second-order valence-electron chi connectivity index (χ2n) is 3.90. The standard InChI is InChI=1S/C13H14BrNO2/c1-3-17-13(16)7-10-8(2)15-12-5-4-9(14)6-11(10)12/h4-6,15H,3,7H2,1-2H3. The number of ether oxygens (including phenoxy) is 1. The van der Waals surface area contributed by atoms with E-state index in [9.17, 15) is 4.79 Å². The number of hydrogen-bond donors (Lipinski definition) is 1. The van der Waals surface area contributed by atoms with Gasteiger partial charge in [0.15, 0.2) is 0 Å². The summed E-state index contributed by atoms with van der Waals surface area (Å²) in [6.07, 6.45) is 0.316. The lowest BCUT2D eigenvalue weighted by atomic mass is 10.1. The van der Waals surface area contributed by atoms with E-state index < -0.39 is 0 Å². The summed E-state index contributed by atoms with van der Waals surface area (Å²) in [5.74, 6) is -0.184. The third kappa shape index (κ3) is 2.52. The van der Waals surface area contributed by atoms with Crippen molar-refractivity contribution in [3.05, 3.63) is 33.9 Å². The number of esters is 1. The van der Waals surface area contributed by atoms with E-state index in [1.54, 1.807) is 0 Å². The van der Waals surface area contributed by atoms with Crippen molar-refractivity contribution in [2.24, 2.45) is 0 Å². The topological polar surface area (TPSA) is 42.1 Å².